The van der Waals surface area contributed by atoms with Crippen LogP contribution in [0.15, 0.2) is 57.7 Å². The maximum absolute atomic E-state index is 13.0. The minimum atomic E-state index is -0.639. The highest BCUT2D eigenvalue weighted by Gasteiger charge is 2.36. The van der Waals surface area contributed by atoms with Gasteiger partial charge in [0.1, 0.15) is 28.9 Å². The van der Waals surface area contributed by atoms with Crippen molar-refractivity contribution in [2.75, 3.05) is 14.2 Å². The van der Waals surface area contributed by atoms with E-state index in [9.17, 15) is 14.9 Å². The van der Waals surface area contributed by atoms with Crippen LogP contribution in [0.3, 0.4) is 0 Å². The molecule has 1 aliphatic heterocycles. The van der Waals surface area contributed by atoms with Gasteiger partial charge >= 0.3 is 0 Å². The molecule has 0 saturated carbocycles. The lowest BCUT2D eigenvalue weighted by Gasteiger charge is -2.26. The van der Waals surface area contributed by atoms with Gasteiger partial charge in [-0.05, 0) is 42.8 Å². The Morgan fingerprint density at radius 2 is 1.96 bits per heavy atom. The van der Waals surface area contributed by atoms with E-state index >= 15 is 0 Å². The highest BCUT2D eigenvalue weighted by molar-refractivity contribution is 6.19. The number of hydrogen-bond acceptors (Lipinski definition) is 6. The van der Waals surface area contributed by atoms with E-state index in [1.54, 1.807) is 50.4 Å². The highest BCUT2D eigenvalue weighted by atomic mass is 16.5. The SMILES string of the molecule is COc1ccc(/C=C2/C(=O)N(Cc3ccco3)C(=O)C(C#N)=C2C)c(OC)c1. The fourth-order valence-corrected chi connectivity index (χ4v) is 2.92. The number of carbonyl (C=O) groups excluding carboxylic acids is 2. The summed E-state index contributed by atoms with van der Waals surface area (Å²) in [5.74, 6) is 0.407. The molecular weight excluding hydrogens is 360 g/mol. The monoisotopic (exact) mass is 378 g/mol. The second kappa shape index (κ2) is 7.84. The van der Waals surface area contributed by atoms with Gasteiger partial charge in [-0.2, -0.15) is 5.26 Å². The van der Waals surface area contributed by atoms with Crippen LogP contribution in [0.4, 0.5) is 0 Å². The second-order valence-electron chi connectivity index (χ2n) is 6.05. The topological polar surface area (TPSA) is 92.8 Å². The van der Waals surface area contributed by atoms with Gasteiger partial charge in [0, 0.05) is 17.2 Å². The van der Waals surface area contributed by atoms with Crippen LogP contribution in [0, 0.1) is 11.3 Å². The van der Waals surface area contributed by atoms with Gasteiger partial charge in [-0.15, -0.1) is 0 Å². The Morgan fingerprint density at radius 1 is 1.18 bits per heavy atom. The molecule has 0 aliphatic carbocycles. The molecule has 142 valence electrons. The summed E-state index contributed by atoms with van der Waals surface area (Å²) in [5.41, 5.74) is 1.11. The Bertz CT molecular complexity index is 1030. The molecular formula is C21H18N2O5. The molecule has 3 rings (SSSR count). The largest absolute Gasteiger partial charge is 0.497 e. The van der Waals surface area contributed by atoms with E-state index in [0.29, 0.717) is 28.4 Å². The van der Waals surface area contributed by atoms with Crippen LogP contribution in [0.2, 0.25) is 0 Å². The lowest BCUT2D eigenvalue weighted by atomic mass is 9.93. The van der Waals surface area contributed by atoms with Crippen molar-refractivity contribution in [1.82, 2.24) is 4.90 Å². The minimum absolute atomic E-state index is 0.0553. The molecule has 1 aromatic carbocycles. The maximum Gasteiger partial charge on any atom is 0.272 e. The summed E-state index contributed by atoms with van der Waals surface area (Å²) in [5, 5.41) is 9.46. The molecule has 0 N–H and O–H groups in total. The Hall–Kier alpha value is -3.79. The lowest BCUT2D eigenvalue weighted by molar-refractivity contribution is -0.141. The summed E-state index contributed by atoms with van der Waals surface area (Å²) < 4.78 is 15.8. The minimum Gasteiger partial charge on any atom is -0.497 e. The first-order valence-corrected chi connectivity index (χ1v) is 8.43. The van der Waals surface area contributed by atoms with Crippen molar-refractivity contribution in [3.05, 3.63) is 64.6 Å². The molecule has 0 fully saturated rings. The van der Waals surface area contributed by atoms with Crippen molar-refractivity contribution < 1.29 is 23.5 Å². The van der Waals surface area contributed by atoms with Crippen molar-refractivity contribution in [2.45, 2.75) is 13.5 Å². The van der Waals surface area contributed by atoms with Crippen LogP contribution in [0.25, 0.3) is 6.08 Å². The number of ether oxygens (including phenoxy) is 2. The standard InChI is InChI=1S/C21H18N2O5/c1-13-17(9-14-6-7-15(26-2)10-19(14)27-3)20(24)23(21(25)18(13)11-22)12-16-5-4-8-28-16/h4-10H,12H2,1-3H3/b17-9+. The molecule has 0 saturated heterocycles. The lowest BCUT2D eigenvalue weighted by Crippen LogP contribution is -2.42. The van der Waals surface area contributed by atoms with Gasteiger partial charge in [0.15, 0.2) is 0 Å². The van der Waals surface area contributed by atoms with Crippen LogP contribution in [0.1, 0.15) is 18.2 Å². The van der Waals surface area contributed by atoms with Crippen LogP contribution >= 0.6 is 0 Å². The summed E-state index contributed by atoms with van der Waals surface area (Å²) in [6.07, 6.45) is 3.06. The van der Waals surface area contributed by atoms with E-state index in [0.717, 1.165) is 4.90 Å². The smallest absolute Gasteiger partial charge is 0.272 e. The van der Waals surface area contributed by atoms with Crippen molar-refractivity contribution in [3.63, 3.8) is 0 Å². The van der Waals surface area contributed by atoms with E-state index in [-0.39, 0.29) is 17.7 Å². The quantitative estimate of drug-likeness (QED) is 0.586. The molecule has 28 heavy (non-hydrogen) atoms. The van der Waals surface area contributed by atoms with E-state index in [1.165, 1.54) is 13.4 Å². The Morgan fingerprint density at radius 3 is 2.57 bits per heavy atom. The zero-order valence-electron chi connectivity index (χ0n) is 15.7. The van der Waals surface area contributed by atoms with Crippen molar-refractivity contribution in [1.29, 1.82) is 5.26 Å². The number of furan rings is 1. The fourth-order valence-electron chi connectivity index (χ4n) is 2.92. The third-order valence-corrected chi connectivity index (χ3v) is 4.46. The fraction of sp³-hybridized carbons (Fsp3) is 0.190. The summed E-state index contributed by atoms with van der Waals surface area (Å²) in [6, 6.07) is 10.4. The van der Waals surface area contributed by atoms with Crippen LogP contribution in [-0.4, -0.2) is 30.9 Å². The molecule has 1 aliphatic rings. The zero-order chi connectivity index (χ0) is 20.3. The number of nitrogens with zero attached hydrogens (tertiary/aromatic N) is 2. The number of nitriles is 1. The first-order valence-electron chi connectivity index (χ1n) is 8.43. The van der Waals surface area contributed by atoms with Crippen LogP contribution < -0.4 is 9.47 Å². The van der Waals surface area contributed by atoms with Crippen LogP contribution in [0.5, 0.6) is 11.5 Å². The van der Waals surface area contributed by atoms with E-state index in [1.807, 2.05) is 6.07 Å². The predicted octanol–water partition coefficient (Wildman–Crippen LogP) is 3.09. The zero-order valence-corrected chi connectivity index (χ0v) is 15.7. The first kappa shape index (κ1) is 19.0. The molecule has 1 aromatic heterocycles. The van der Waals surface area contributed by atoms with E-state index < -0.39 is 11.8 Å². The molecule has 0 bridgehead atoms. The number of rotatable bonds is 5. The van der Waals surface area contributed by atoms with Gasteiger partial charge in [-0.25, -0.2) is 0 Å². The average Bonchev–Trinajstić information content (AvgIpc) is 3.22. The third kappa shape index (κ3) is 3.40. The summed E-state index contributed by atoms with van der Waals surface area (Å²) >= 11 is 0. The molecule has 7 nitrogen and oxygen atoms in total. The number of benzene rings is 1. The number of hydrogen-bond donors (Lipinski definition) is 0. The van der Waals surface area contributed by atoms with Crippen LogP contribution in [-0.2, 0) is 16.1 Å². The summed E-state index contributed by atoms with van der Waals surface area (Å²) in [7, 11) is 3.05. The van der Waals surface area contributed by atoms with Crippen molar-refractivity contribution in [2.24, 2.45) is 0 Å². The van der Waals surface area contributed by atoms with E-state index in [4.69, 9.17) is 13.9 Å². The average molecular weight is 378 g/mol. The van der Waals surface area contributed by atoms with Gasteiger partial charge in [0.05, 0.1) is 27.0 Å². The first-order chi connectivity index (χ1) is 13.5. The van der Waals surface area contributed by atoms with Gasteiger partial charge < -0.3 is 13.9 Å². The molecule has 0 unspecified atom stereocenters. The molecule has 7 heteroatoms. The maximum atomic E-state index is 13.0. The Labute approximate surface area is 162 Å². The van der Waals surface area contributed by atoms with Gasteiger partial charge in [0.2, 0.25) is 0 Å². The predicted molar refractivity (Wildman–Crippen MR) is 100 cm³/mol. The normalized spacial score (nSPS) is 15.8. The Balaban J connectivity index is 2.09. The second-order valence-corrected chi connectivity index (χ2v) is 6.05. The Kier molecular flexibility index (Phi) is 5.32. The molecule has 0 spiro atoms. The highest BCUT2D eigenvalue weighted by Crippen LogP contribution is 2.32. The molecule has 2 amide bonds. The van der Waals surface area contributed by atoms with Crippen molar-refractivity contribution in [3.8, 4) is 17.6 Å². The number of methoxy groups -OCH3 is 2. The van der Waals surface area contributed by atoms with Gasteiger partial charge in [-0.1, -0.05) is 0 Å². The summed E-state index contributed by atoms with van der Waals surface area (Å²) in [4.78, 5) is 26.7. The number of amides is 2. The van der Waals surface area contributed by atoms with Gasteiger partial charge in [0.25, 0.3) is 11.8 Å². The molecule has 0 atom stereocenters. The van der Waals surface area contributed by atoms with Gasteiger partial charge in [-0.3, -0.25) is 14.5 Å². The molecule has 2 aromatic rings. The summed E-state index contributed by atoms with van der Waals surface area (Å²) in [6.45, 7) is 1.53. The number of imide groups is 1. The number of carbonyl (C=O) groups is 2. The van der Waals surface area contributed by atoms with Crippen molar-refractivity contribution >= 4 is 17.9 Å². The molecule has 0 radical (unpaired) electrons. The van der Waals surface area contributed by atoms with E-state index in [2.05, 4.69) is 0 Å². The third-order valence-electron chi connectivity index (χ3n) is 4.46. The molecule has 2 heterocycles.